The molecule has 14 heavy (non-hydrogen) atoms. The Morgan fingerprint density at radius 3 is 2.71 bits per heavy atom. The molecule has 0 aliphatic carbocycles. The molecule has 1 heterocycles. The van der Waals surface area contributed by atoms with Crippen LogP contribution in [0.25, 0.3) is 0 Å². The average Bonchev–Trinajstić information content (AvgIpc) is 2.19. The number of rotatable bonds is 3. The molecular weight excluding hydrogens is 178 g/mol. The molecule has 74 valence electrons. The highest BCUT2D eigenvalue weighted by atomic mass is 16.5. The summed E-state index contributed by atoms with van der Waals surface area (Å²) in [6, 6.07) is 9.61. The predicted molar refractivity (Wildman–Crippen MR) is 54.0 cm³/mol. The molecule has 1 fully saturated rings. The molecule has 1 amide bonds. The molecule has 0 spiro atoms. The zero-order valence-electron chi connectivity index (χ0n) is 8.14. The third-order valence-corrected chi connectivity index (χ3v) is 2.30. The minimum absolute atomic E-state index is 0.0603. The topological polar surface area (TPSA) is 29.5 Å². The zero-order valence-corrected chi connectivity index (χ0v) is 8.14. The van der Waals surface area contributed by atoms with E-state index < -0.39 is 0 Å². The van der Waals surface area contributed by atoms with Gasteiger partial charge < -0.3 is 4.74 Å². The molecule has 0 radical (unpaired) electrons. The molecular formula is C11H13NO2. The van der Waals surface area contributed by atoms with Gasteiger partial charge in [-0.1, -0.05) is 18.2 Å². The van der Waals surface area contributed by atoms with Gasteiger partial charge in [-0.3, -0.25) is 9.69 Å². The molecule has 1 aliphatic heterocycles. The van der Waals surface area contributed by atoms with Crippen LogP contribution in [0.1, 0.15) is 13.3 Å². The van der Waals surface area contributed by atoms with Crippen molar-refractivity contribution in [1.82, 2.24) is 0 Å². The number of amides is 1. The van der Waals surface area contributed by atoms with Crippen LogP contribution in [0.5, 0.6) is 0 Å². The van der Waals surface area contributed by atoms with Gasteiger partial charge in [0, 0.05) is 12.3 Å². The molecule has 1 atom stereocenters. The van der Waals surface area contributed by atoms with E-state index in [2.05, 4.69) is 0 Å². The number of para-hydroxylation sites is 1. The van der Waals surface area contributed by atoms with E-state index in [9.17, 15) is 4.79 Å². The summed E-state index contributed by atoms with van der Waals surface area (Å²) in [6.45, 7) is 2.58. The number of anilines is 1. The molecule has 0 saturated carbocycles. The van der Waals surface area contributed by atoms with Crippen LogP contribution in [0.2, 0.25) is 0 Å². The molecule has 1 aliphatic rings. The number of carbonyl (C=O) groups is 1. The van der Waals surface area contributed by atoms with Crippen molar-refractivity contribution in [2.75, 3.05) is 11.5 Å². The Balaban J connectivity index is 2.13. The first-order valence-corrected chi connectivity index (χ1v) is 4.81. The number of ether oxygens (including phenoxy) is 1. The fraction of sp³-hybridized carbons (Fsp3) is 0.364. The number of hydrogen-bond donors (Lipinski definition) is 0. The predicted octanol–water partition coefficient (Wildman–Crippen LogP) is 1.79. The lowest BCUT2D eigenvalue weighted by molar-refractivity contribution is -0.133. The van der Waals surface area contributed by atoms with Crippen molar-refractivity contribution in [3.05, 3.63) is 30.3 Å². The lowest BCUT2D eigenvalue weighted by Gasteiger charge is -2.39. The van der Waals surface area contributed by atoms with E-state index in [-0.39, 0.29) is 12.1 Å². The number of benzene rings is 1. The first-order valence-electron chi connectivity index (χ1n) is 4.81. The van der Waals surface area contributed by atoms with Crippen molar-refractivity contribution >= 4 is 11.6 Å². The zero-order chi connectivity index (χ0) is 9.97. The summed E-state index contributed by atoms with van der Waals surface area (Å²) >= 11 is 0. The van der Waals surface area contributed by atoms with E-state index in [1.165, 1.54) is 0 Å². The van der Waals surface area contributed by atoms with Crippen molar-refractivity contribution in [3.8, 4) is 0 Å². The standard InChI is InChI=1S/C11H13NO2/c1-2-14-11-8-10(13)12(11)9-6-4-3-5-7-9/h3-7,11H,2,8H2,1H3. The van der Waals surface area contributed by atoms with Gasteiger partial charge in [0.2, 0.25) is 5.91 Å². The fourth-order valence-electron chi connectivity index (χ4n) is 1.61. The smallest absolute Gasteiger partial charge is 0.233 e. The second kappa shape index (κ2) is 3.80. The highest BCUT2D eigenvalue weighted by Crippen LogP contribution is 2.27. The molecule has 3 nitrogen and oxygen atoms in total. The van der Waals surface area contributed by atoms with E-state index >= 15 is 0 Å². The van der Waals surface area contributed by atoms with Gasteiger partial charge in [0.15, 0.2) is 0 Å². The van der Waals surface area contributed by atoms with Gasteiger partial charge in [0.25, 0.3) is 0 Å². The van der Waals surface area contributed by atoms with Crippen molar-refractivity contribution < 1.29 is 9.53 Å². The van der Waals surface area contributed by atoms with E-state index in [0.29, 0.717) is 13.0 Å². The maximum atomic E-state index is 11.4. The van der Waals surface area contributed by atoms with Crippen molar-refractivity contribution in [3.63, 3.8) is 0 Å². The van der Waals surface area contributed by atoms with Gasteiger partial charge in [-0.25, -0.2) is 0 Å². The van der Waals surface area contributed by atoms with Crippen LogP contribution in [0.15, 0.2) is 30.3 Å². The molecule has 1 aromatic carbocycles. The van der Waals surface area contributed by atoms with Crippen molar-refractivity contribution in [2.24, 2.45) is 0 Å². The van der Waals surface area contributed by atoms with E-state index in [1.54, 1.807) is 4.90 Å². The summed E-state index contributed by atoms with van der Waals surface area (Å²) in [5.41, 5.74) is 0.919. The number of hydrogen-bond acceptors (Lipinski definition) is 2. The number of carbonyl (C=O) groups excluding carboxylic acids is 1. The Bertz CT molecular complexity index is 323. The molecule has 3 heteroatoms. The number of β-lactam (4-membered cyclic amide) rings is 1. The summed E-state index contributed by atoms with van der Waals surface area (Å²) in [6.07, 6.45) is 0.442. The summed E-state index contributed by atoms with van der Waals surface area (Å²) in [5.74, 6) is 0.134. The van der Waals surface area contributed by atoms with Gasteiger partial charge in [-0.2, -0.15) is 0 Å². The first-order chi connectivity index (χ1) is 6.83. The van der Waals surface area contributed by atoms with Gasteiger partial charge in [0.1, 0.15) is 6.23 Å². The van der Waals surface area contributed by atoms with Crippen LogP contribution >= 0.6 is 0 Å². The summed E-state index contributed by atoms with van der Waals surface area (Å²) < 4.78 is 5.42. The van der Waals surface area contributed by atoms with Gasteiger partial charge in [-0.15, -0.1) is 0 Å². The second-order valence-electron chi connectivity index (χ2n) is 3.21. The summed E-state index contributed by atoms with van der Waals surface area (Å²) in [4.78, 5) is 13.1. The maximum absolute atomic E-state index is 11.4. The number of nitrogens with zero attached hydrogens (tertiary/aromatic N) is 1. The Morgan fingerprint density at radius 2 is 2.14 bits per heavy atom. The van der Waals surface area contributed by atoms with E-state index in [0.717, 1.165) is 5.69 Å². The molecule has 2 rings (SSSR count). The maximum Gasteiger partial charge on any atom is 0.233 e. The highest BCUT2D eigenvalue weighted by Gasteiger charge is 2.37. The quantitative estimate of drug-likeness (QED) is 0.682. The Hall–Kier alpha value is -1.35. The van der Waals surface area contributed by atoms with Crippen LogP contribution in [0.3, 0.4) is 0 Å². The van der Waals surface area contributed by atoms with Gasteiger partial charge in [0.05, 0.1) is 6.42 Å². The minimum atomic E-state index is -0.0603. The van der Waals surface area contributed by atoms with E-state index in [4.69, 9.17) is 4.74 Å². The Kier molecular flexibility index (Phi) is 2.50. The monoisotopic (exact) mass is 191 g/mol. The van der Waals surface area contributed by atoms with E-state index in [1.807, 2.05) is 37.3 Å². The van der Waals surface area contributed by atoms with Crippen LogP contribution in [-0.2, 0) is 9.53 Å². The minimum Gasteiger partial charge on any atom is -0.358 e. The third kappa shape index (κ3) is 1.51. The van der Waals surface area contributed by atoms with Gasteiger partial charge in [-0.05, 0) is 19.1 Å². The highest BCUT2D eigenvalue weighted by molar-refractivity contribution is 6.00. The van der Waals surface area contributed by atoms with Crippen LogP contribution in [-0.4, -0.2) is 18.7 Å². The molecule has 0 aromatic heterocycles. The molecule has 1 saturated heterocycles. The van der Waals surface area contributed by atoms with Gasteiger partial charge >= 0.3 is 0 Å². The Labute approximate surface area is 83.3 Å². The lowest BCUT2D eigenvalue weighted by atomic mass is 10.1. The van der Waals surface area contributed by atoms with Crippen LogP contribution < -0.4 is 4.90 Å². The SMILES string of the molecule is CCOC1CC(=O)N1c1ccccc1. The largest absolute Gasteiger partial charge is 0.358 e. The second-order valence-corrected chi connectivity index (χ2v) is 3.21. The molecule has 0 bridgehead atoms. The normalized spacial score (nSPS) is 20.8. The Morgan fingerprint density at radius 1 is 1.43 bits per heavy atom. The summed E-state index contributed by atoms with van der Waals surface area (Å²) in [7, 11) is 0. The van der Waals surface area contributed by atoms with Crippen molar-refractivity contribution in [2.45, 2.75) is 19.6 Å². The summed E-state index contributed by atoms with van der Waals surface area (Å²) in [5, 5.41) is 0. The lowest BCUT2D eigenvalue weighted by Crippen LogP contribution is -2.54. The fourth-order valence-corrected chi connectivity index (χ4v) is 1.61. The van der Waals surface area contributed by atoms with Crippen LogP contribution in [0.4, 0.5) is 5.69 Å². The molecule has 0 N–H and O–H groups in total. The average molecular weight is 191 g/mol. The third-order valence-electron chi connectivity index (χ3n) is 2.30. The molecule has 1 unspecified atom stereocenters. The van der Waals surface area contributed by atoms with Crippen molar-refractivity contribution in [1.29, 1.82) is 0 Å². The van der Waals surface area contributed by atoms with Crippen LogP contribution in [0, 0.1) is 0 Å². The first kappa shape index (κ1) is 9.21. The molecule has 1 aromatic rings.